The SMILES string of the molecule is C=N/C(=C1/c2cc[nH]c2N=CN1N)C1CCC(NCc2ccccc2)CC1. The van der Waals surface area contributed by atoms with E-state index in [0.717, 1.165) is 55.0 Å². The standard InChI is InChI=1S/C21H26N6/c1-23-19(20-18-11-12-24-21(18)26-14-27(20)22)16-7-9-17(10-8-16)25-13-15-5-3-2-4-6-15/h2-6,11-12,14,16-17,24-25H,1,7-10,13,22H2/b20-19-. The van der Waals surface area contributed by atoms with Crippen LogP contribution in [0.2, 0.25) is 0 Å². The summed E-state index contributed by atoms with van der Waals surface area (Å²) in [6.45, 7) is 4.76. The molecule has 1 saturated carbocycles. The highest BCUT2D eigenvalue weighted by Crippen LogP contribution is 2.39. The molecule has 0 amide bonds. The van der Waals surface area contributed by atoms with Gasteiger partial charge in [-0.25, -0.2) is 10.8 Å². The Balaban J connectivity index is 1.44. The Kier molecular flexibility index (Phi) is 5.18. The van der Waals surface area contributed by atoms with Crippen LogP contribution in [-0.4, -0.2) is 29.1 Å². The molecule has 140 valence electrons. The molecule has 4 rings (SSSR count). The summed E-state index contributed by atoms with van der Waals surface area (Å²) >= 11 is 0. The van der Waals surface area contributed by atoms with Gasteiger partial charge in [0.05, 0.1) is 11.4 Å². The maximum Gasteiger partial charge on any atom is 0.141 e. The quantitative estimate of drug-likeness (QED) is 0.562. The molecule has 2 aliphatic rings. The lowest BCUT2D eigenvalue weighted by molar-refractivity contribution is 0.315. The molecule has 0 unspecified atom stereocenters. The fraction of sp³-hybridized carbons (Fsp3) is 0.333. The van der Waals surface area contributed by atoms with E-state index in [4.69, 9.17) is 5.84 Å². The second kappa shape index (κ2) is 7.90. The van der Waals surface area contributed by atoms with Crippen molar-refractivity contribution in [3.8, 4) is 0 Å². The average molecular weight is 362 g/mol. The summed E-state index contributed by atoms with van der Waals surface area (Å²) in [5.41, 5.74) is 4.21. The van der Waals surface area contributed by atoms with Gasteiger partial charge in [0.25, 0.3) is 0 Å². The van der Waals surface area contributed by atoms with Gasteiger partial charge in [0.2, 0.25) is 0 Å². The summed E-state index contributed by atoms with van der Waals surface area (Å²) in [6, 6.07) is 13.1. The van der Waals surface area contributed by atoms with Gasteiger partial charge < -0.3 is 10.3 Å². The van der Waals surface area contributed by atoms with E-state index in [2.05, 4.69) is 57.3 Å². The van der Waals surface area contributed by atoms with Crippen LogP contribution in [0.4, 0.5) is 5.82 Å². The first-order valence-electron chi connectivity index (χ1n) is 9.50. The highest BCUT2D eigenvalue weighted by molar-refractivity contribution is 5.87. The van der Waals surface area contributed by atoms with E-state index in [1.807, 2.05) is 12.3 Å². The van der Waals surface area contributed by atoms with E-state index in [0.29, 0.717) is 12.0 Å². The van der Waals surface area contributed by atoms with Crippen molar-refractivity contribution in [2.45, 2.75) is 38.3 Å². The van der Waals surface area contributed by atoms with E-state index in [-0.39, 0.29) is 0 Å². The van der Waals surface area contributed by atoms with Crippen molar-refractivity contribution in [2.75, 3.05) is 0 Å². The van der Waals surface area contributed by atoms with Gasteiger partial charge >= 0.3 is 0 Å². The highest BCUT2D eigenvalue weighted by Gasteiger charge is 2.29. The average Bonchev–Trinajstić information content (AvgIpc) is 3.19. The van der Waals surface area contributed by atoms with Gasteiger partial charge in [0.1, 0.15) is 12.2 Å². The largest absolute Gasteiger partial charge is 0.346 e. The number of aromatic nitrogens is 1. The Hall–Kier alpha value is -2.70. The van der Waals surface area contributed by atoms with Crippen molar-refractivity contribution in [1.29, 1.82) is 0 Å². The molecule has 1 fully saturated rings. The number of fused-ring (bicyclic) bond motifs is 1. The van der Waals surface area contributed by atoms with Crippen molar-refractivity contribution in [3.63, 3.8) is 0 Å². The minimum atomic E-state index is 0.368. The van der Waals surface area contributed by atoms with Crippen molar-refractivity contribution in [1.82, 2.24) is 15.3 Å². The first-order chi connectivity index (χ1) is 13.3. The van der Waals surface area contributed by atoms with Crippen LogP contribution >= 0.6 is 0 Å². The summed E-state index contributed by atoms with van der Waals surface area (Å²) in [5, 5.41) is 5.26. The summed E-state index contributed by atoms with van der Waals surface area (Å²) in [5.74, 6) is 7.38. The zero-order valence-electron chi connectivity index (χ0n) is 15.4. The fourth-order valence-corrected chi connectivity index (χ4v) is 4.07. The van der Waals surface area contributed by atoms with Crippen LogP contribution in [0.3, 0.4) is 0 Å². The predicted octanol–water partition coefficient (Wildman–Crippen LogP) is 3.58. The number of H-pyrrole nitrogens is 1. The Morgan fingerprint density at radius 3 is 2.74 bits per heavy atom. The number of aliphatic imine (C=N–C) groups is 2. The van der Waals surface area contributed by atoms with Crippen LogP contribution in [0.5, 0.6) is 0 Å². The number of nitrogens with two attached hydrogens (primary N) is 1. The van der Waals surface area contributed by atoms with E-state index >= 15 is 0 Å². The van der Waals surface area contributed by atoms with Gasteiger partial charge in [-0.1, -0.05) is 30.3 Å². The number of nitrogens with one attached hydrogen (secondary N) is 2. The van der Waals surface area contributed by atoms with Gasteiger partial charge in [0.15, 0.2) is 0 Å². The molecule has 27 heavy (non-hydrogen) atoms. The smallest absolute Gasteiger partial charge is 0.141 e. The molecule has 6 nitrogen and oxygen atoms in total. The number of hydrogen-bond acceptors (Lipinski definition) is 5. The lowest BCUT2D eigenvalue weighted by Crippen LogP contribution is -2.35. The molecule has 0 saturated heterocycles. The highest BCUT2D eigenvalue weighted by atomic mass is 15.4. The second-order valence-corrected chi connectivity index (χ2v) is 7.20. The summed E-state index contributed by atoms with van der Waals surface area (Å²) in [4.78, 5) is 11.9. The number of aromatic amines is 1. The van der Waals surface area contributed by atoms with E-state index < -0.39 is 0 Å². The lowest BCUT2D eigenvalue weighted by atomic mass is 9.82. The van der Waals surface area contributed by atoms with Gasteiger partial charge in [-0.05, 0) is 44.0 Å². The van der Waals surface area contributed by atoms with Crippen molar-refractivity contribution >= 4 is 24.6 Å². The summed E-state index contributed by atoms with van der Waals surface area (Å²) < 4.78 is 0. The maximum absolute atomic E-state index is 6.19. The Bertz CT molecular complexity index is 843. The predicted molar refractivity (Wildman–Crippen MR) is 110 cm³/mol. The van der Waals surface area contributed by atoms with Crippen molar-refractivity contribution in [3.05, 3.63) is 59.4 Å². The molecule has 0 atom stereocenters. The molecule has 1 aliphatic heterocycles. The number of rotatable bonds is 5. The molecular formula is C21H26N6. The lowest BCUT2D eigenvalue weighted by Gasteiger charge is -2.32. The number of hydrogen-bond donors (Lipinski definition) is 3. The van der Waals surface area contributed by atoms with Crippen molar-refractivity contribution < 1.29 is 0 Å². The topological polar surface area (TPSA) is 81.8 Å². The van der Waals surface area contributed by atoms with Gasteiger partial charge in [-0.15, -0.1) is 0 Å². The third-order valence-corrected chi connectivity index (χ3v) is 5.51. The van der Waals surface area contributed by atoms with Crippen LogP contribution in [0.15, 0.2) is 58.3 Å². The molecule has 2 aromatic rings. The zero-order chi connectivity index (χ0) is 18.6. The number of benzene rings is 1. The molecule has 0 radical (unpaired) electrons. The number of hydrazine groups is 1. The molecular weight excluding hydrogens is 336 g/mol. The van der Waals surface area contributed by atoms with E-state index in [1.54, 1.807) is 11.3 Å². The Labute approximate surface area is 159 Å². The molecule has 1 aromatic heterocycles. The van der Waals surface area contributed by atoms with Gasteiger partial charge in [-0.2, -0.15) is 0 Å². The van der Waals surface area contributed by atoms with Crippen molar-refractivity contribution in [2.24, 2.45) is 21.7 Å². The third-order valence-electron chi connectivity index (χ3n) is 5.51. The van der Waals surface area contributed by atoms with Crippen LogP contribution in [-0.2, 0) is 6.54 Å². The Morgan fingerprint density at radius 1 is 1.22 bits per heavy atom. The summed E-state index contributed by atoms with van der Waals surface area (Å²) in [7, 11) is 0. The fourth-order valence-electron chi connectivity index (χ4n) is 4.07. The van der Waals surface area contributed by atoms with Gasteiger partial charge in [0, 0.05) is 30.3 Å². The monoisotopic (exact) mass is 362 g/mol. The molecule has 0 spiro atoms. The minimum Gasteiger partial charge on any atom is -0.346 e. The number of nitrogens with zero attached hydrogens (tertiary/aromatic N) is 3. The maximum atomic E-state index is 6.19. The minimum absolute atomic E-state index is 0.368. The first-order valence-corrected chi connectivity index (χ1v) is 9.50. The zero-order valence-corrected chi connectivity index (χ0v) is 15.4. The Morgan fingerprint density at radius 2 is 2.00 bits per heavy atom. The third kappa shape index (κ3) is 3.72. The molecule has 4 N–H and O–H groups in total. The van der Waals surface area contributed by atoms with Crippen LogP contribution in [0, 0.1) is 5.92 Å². The molecule has 2 heterocycles. The van der Waals surface area contributed by atoms with E-state index in [9.17, 15) is 0 Å². The first kappa shape index (κ1) is 17.7. The molecule has 1 aromatic carbocycles. The van der Waals surface area contributed by atoms with E-state index in [1.165, 1.54) is 5.56 Å². The van der Waals surface area contributed by atoms with Crippen LogP contribution in [0.25, 0.3) is 5.70 Å². The van der Waals surface area contributed by atoms with Crippen LogP contribution < -0.4 is 11.2 Å². The van der Waals surface area contributed by atoms with Crippen LogP contribution in [0.1, 0.15) is 36.8 Å². The normalized spacial score (nSPS) is 23.8. The summed E-state index contributed by atoms with van der Waals surface area (Å²) in [6.07, 6.45) is 7.92. The number of allylic oxidation sites excluding steroid dienone is 1. The molecule has 1 aliphatic carbocycles. The molecule has 6 heteroatoms. The second-order valence-electron chi connectivity index (χ2n) is 7.20. The molecule has 0 bridgehead atoms. The van der Waals surface area contributed by atoms with Gasteiger partial charge in [-0.3, -0.25) is 10.0 Å².